The van der Waals surface area contributed by atoms with Gasteiger partial charge in [0, 0.05) is 44.4 Å². The minimum atomic E-state index is -0.138. The lowest BCUT2D eigenvalue weighted by Gasteiger charge is -2.34. The molecule has 1 aromatic carbocycles. The van der Waals surface area contributed by atoms with Crippen molar-refractivity contribution in [3.8, 4) is 5.75 Å². The first-order valence-electron chi connectivity index (χ1n) is 8.40. The number of carbonyl (C=O) groups is 1. The average molecular weight is 344 g/mol. The number of rotatable bonds is 4. The minimum Gasteiger partial charge on any atom is -0.496 e. The van der Waals surface area contributed by atoms with E-state index < -0.39 is 0 Å². The summed E-state index contributed by atoms with van der Waals surface area (Å²) < 4.78 is 10.4. The molecular formula is C18H24N4O3. The van der Waals surface area contributed by atoms with Gasteiger partial charge in [-0.15, -0.1) is 0 Å². The number of hydrogen-bond acceptors (Lipinski definition) is 5. The highest BCUT2D eigenvalue weighted by Gasteiger charge is 2.22. The van der Waals surface area contributed by atoms with Gasteiger partial charge in [-0.1, -0.05) is 22.9 Å². The van der Waals surface area contributed by atoms with E-state index in [4.69, 9.17) is 9.26 Å². The minimum absolute atomic E-state index is 0.138. The normalized spacial score (nSPS) is 15.2. The Hall–Kier alpha value is -2.54. The monoisotopic (exact) mass is 344 g/mol. The highest BCUT2D eigenvalue weighted by atomic mass is 16.5. The number of hydrogen-bond donors (Lipinski definition) is 1. The van der Waals surface area contributed by atoms with Crippen molar-refractivity contribution in [2.45, 2.75) is 20.4 Å². The number of ether oxygens (including phenoxy) is 1. The Balaban J connectivity index is 1.53. The molecule has 2 amide bonds. The number of aromatic nitrogens is 1. The standard InChI is InChI=1S/C18H24N4O3/c1-13-4-5-16(24-3)15(10-13)12-21-6-8-22(9-7-21)18(23)19-17-11-14(2)25-20-17/h4-5,10-11H,6-9,12H2,1-3H3,(H,19,20,23). The number of anilines is 1. The van der Waals surface area contributed by atoms with Crippen LogP contribution in [0.15, 0.2) is 28.8 Å². The number of methoxy groups -OCH3 is 1. The van der Waals surface area contributed by atoms with Crippen LogP contribution in [-0.2, 0) is 6.54 Å². The highest BCUT2D eigenvalue weighted by molar-refractivity contribution is 5.88. The van der Waals surface area contributed by atoms with E-state index in [1.165, 1.54) is 11.1 Å². The summed E-state index contributed by atoms with van der Waals surface area (Å²) in [4.78, 5) is 16.4. The molecule has 1 aliphatic heterocycles. The molecule has 0 radical (unpaired) electrons. The second-order valence-electron chi connectivity index (χ2n) is 6.33. The van der Waals surface area contributed by atoms with Crippen LogP contribution in [0.3, 0.4) is 0 Å². The number of nitrogens with one attached hydrogen (secondary N) is 1. The van der Waals surface area contributed by atoms with Crippen LogP contribution in [0.25, 0.3) is 0 Å². The maximum absolute atomic E-state index is 12.3. The Bertz CT molecular complexity index is 736. The quantitative estimate of drug-likeness (QED) is 0.923. The van der Waals surface area contributed by atoms with Gasteiger partial charge in [-0.05, 0) is 19.9 Å². The predicted octanol–water partition coefficient (Wildman–Crippen LogP) is 2.65. The zero-order valence-corrected chi connectivity index (χ0v) is 14.9. The number of carbonyl (C=O) groups excluding carboxylic acids is 1. The lowest BCUT2D eigenvalue weighted by Crippen LogP contribution is -2.49. The molecular weight excluding hydrogens is 320 g/mol. The summed E-state index contributed by atoms with van der Waals surface area (Å²) in [5.41, 5.74) is 2.40. The van der Waals surface area contributed by atoms with E-state index in [-0.39, 0.29) is 6.03 Å². The molecule has 0 saturated carbocycles. The van der Waals surface area contributed by atoms with E-state index in [1.54, 1.807) is 25.0 Å². The van der Waals surface area contributed by atoms with Crippen LogP contribution in [0.4, 0.5) is 10.6 Å². The van der Waals surface area contributed by atoms with Crippen molar-refractivity contribution in [2.75, 3.05) is 38.6 Å². The van der Waals surface area contributed by atoms with Crippen molar-refractivity contribution >= 4 is 11.8 Å². The molecule has 0 bridgehead atoms. The van der Waals surface area contributed by atoms with E-state index in [0.29, 0.717) is 24.7 Å². The summed E-state index contributed by atoms with van der Waals surface area (Å²) in [6, 6.07) is 7.79. The average Bonchev–Trinajstić information content (AvgIpc) is 3.00. The summed E-state index contributed by atoms with van der Waals surface area (Å²) in [5, 5.41) is 6.56. The van der Waals surface area contributed by atoms with E-state index in [9.17, 15) is 4.79 Å². The summed E-state index contributed by atoms with van der Waals surface area (Å²) in [5.74, 6) is 2.04. The molecule has 25 heavy (non-hydrogen) atoms. The molecule has 2 heterocycles. The Morgan fingerprint density at radius 2 is 2.00 bits per heavy atom. The third-order valence-electron chi connectivity index (χ3n) is 4.35. The largest absolute Gasteiger partial charge is 0.496 e. The molecule has 3 rings (SSSR count). The predicted molar refractivity (Wildman–Crippen MR) is 94.8 cm³/mol. The van der Waals surface area contributed by atoms with Gasteiger partial charge in [0.1, 0.15) is 11.5 Å². The number of benzene rings is 1. The topological polar surface area (TPSA) is 70.8 Å². The molecule has 0 atom stereocenters. The van der Waals surface area contributed by atoms with Gasteiger partial charge in [-0.2, -0.15) is 0 Å². The first kappa shape index (κ1) is 17.3. The fourth-order valence-corrected chi connectivity index (χ4v) is 2.99. The summed E-state index contributed by atoms with van der Waals surface area (Å²) in [6.45, 7) is 7.69. The lowest BCUT2D eigenvalue weighted by atomic mass is 10.1. The molecule has 1 saturated heterocycles. The Morgan fingerprint density at radius 3 is 2.64 bits per heavy atom. The van der Waals surface area contributed by atoms with Crippen LogP contribution in [-0.4, -0.2) is 54.3 Å². The number of nitrogens with zero attached hydrogens (tertiary/aromatic N) is 3. The molecule has 1 aliphatic rings. The number of piperazine rings is 1. The van der Waals surface area contributed by atoms with E-state index in [1.807, 2.05) is 6.07 Å². The van der Waals surface area contributed by atoms with E-state index in [2.05, 4.69) is 34.4 Å². The fraction of sp³-hybridized carbons (Fsp3) is 0.444. The maximum Gasteiger partial charge on any atom is 0.323 e. The fourth-order valence-electron chi connectivity index (χ4n) is 2.99. The lowest BCUT2D eigenvalue weighted by molar-refractivity contribution is 0.142. The van der Waals surface area contributed by atoms with Crippen LogP contribution in [0, 0.1) is 13.8 Å². The van der Waals surface area contributed by atoms with Crippen LogP contribution in [0.5, 0.6) is 5.75 Å². The van der Waals surface area contributed by atoms with Crippen LogP contribution >= 0.6 is 0 Å². The first-order chi connectivity index (χ1) is 12.0. The smallest absolute Gasteiger partial charge is 0.323 e. The molecule has 2 aromatic rings. The van der Waals surface area contributed by atoms with Gasteiger partial charge in [0.05, 0.1) is 7.11 Å². The Morgan fingerprint density at radius 1 is 1.24 bits per heavy atom. The number of aryl methyl sites for hydroxylation is 2. The Labute approximate surface area is 147 Å². The molecule has 7 nitrogen and oxygen atoms in total. The van der Waals surface area contributed by atoms with Crippen molar-refractivity contribution in [3.05, 3.63) is 41.2 Å². The molecule has 1 fully saturated rings. The second-order valence-corrected chi connectivity index (χ2v) is 6.33. The van der Waals surface area contributed by atoms with Gasteiger partial charge in [-0.25, -0.2) is 4.79 Å². The molecule has 0 aliphatic carbocycles. The summed E-state index contributed by atoms with van der Waals surface area (Å²) >= 11 is 0. The van der Waals surface area contributed by atoms with E-state index >= 15 is 0 Å². The van der Waals surface area contributed by atoms with Crippen molar-refractivity contribution in [1.82, 2.24) is 15.0 Å². The zero-order chi connectivity index (χ0) is 17.8. The molecule has 1 aromatic heterocycles. The molecule has 0 unspecified atom stereocenters. The SMILES string of the molecule is COc1ccc(C)cc1CN1CCN(C(=O)Nc2cc(C)on2)CC1. The zero-order valence-electron chi connectivity index (χ0n) is 14.9. The van der Waals surface area contributed by atoms with Crippen molar-refractivity contribution in [1.29, 1.82) is 0 Å². The van der Waals surface area contributed by atoms with Crippen LogP contribution < -0.4 is 10.1 Å². The molecule has 7 heteroatoms. The first-order valence-corrected chi connectivity index (χ1v) is 8.40. The maximum atomic E-state index is 12.3. The highest BCUT2D eigenvalue weighted by Crippen LogP contribution is 2.22. The molecule has 1 N–H and O–H groups in total. The van der Waals surface area contributed by atoms with Gasteiger partial charge >= 0.3 is 6.03 Å². The van der Waals surface area contributed by atoms with Crippen LogP contribution in [0.2, 0.25) is 0 Å². The third kappa shape index (κ3) is 4.30. The Kier molecular flexibility index (Phi) is 5.23. The van der Waals surface area contributed by atoms with Crippen molar-refractivity contribution < 1.29 is 14.1 Å². The molecule has 134 valence electrons. The number of urea groups is 1. The van der Waals surface area contributed by atoms with Gasteiger partial charge in [-0.3, -0.25) is 10.2 Å². The van der Waals surface area contributed by atoms with Gasteiger partial charge in [0.15, 0.2) is 5.82 Å². The van der Waals surface area contributed by atoms with Gasteiger partial charge in [0.25, 0.3) is 0 Å². The number of amides is 2. The van der Waals surface area contributed by atoms with Gasteiger partial charge < -0.3 is 14.2 Å². The van der Waals surface area contributed by atoms with E-state index in [0.717, 1.165) is 25.4 Å². The molecule has 0 spiro atoms. The third-order valence-corrected chi connectivity index (χ3v) is 4.35. The van der Waals surface area contributed by atoms with Crippen molar-refractivity contribution in [3.63, 3.8) is 0 Å². The van der Waals surface area contributed by atoms with Crippen LogP contribution in [0.1, 0.15) is 16.9 Å². The van der Waals surface area contributed by atoms with Gasteiger partial charge in [0.2, 0.25) is 0 Å². The summed E-state index contributed by atoms with van der Waals surface area (Å²) in [6.07, 6.45) is 0. The summed E-state index contributed by atoms with van der Waals surface area (Å²) in [7, 11) is 1.70. The second kappa shape index (κ2) is 7.57. The van der Waals surface area contributed by atoms with Crippen molar-refractivity contribution in [2.24, 2.45) is 0 Å².